The minimum absolute atomic E-state index is 0.419. The summed E-state index contributed by atoms with van der Waals surface area (Å²) in [6.45, 7) is 0. The van der Waals surface area contributed by atoms with Crippen molar-refractivity contribution in [2.45, 2.75) is 12.8 Å². The van der Waals surface area contributed by atoms with Crippen LogP contribution in [0.25, 0.3) is 0 Å². The molecule has 0 saturated heterocycles. The molecule has 0 saturated carbocycles. The number of nitro groups is 1. The lowest BCUT2D eigenvalue weighted by Crippen LogP contribution is -2.10. The highest BCUT2D eigenvalue weighted by Crippen LogP contribution is 2.28. The van der Waals surface area contributed by atoms with Crippen LogP contribution in [-0.2, 0) is 11.2 Å². The summed E-state index contributed by atoms with van der Waals surface area (Å²) in [6, 6.07) is 0. The Morgan fingerprint density at radius 3 is 2.59 bits per heavy atom. The molecule has 0 aliphatic heterocycles. The van der Waals surface area contributed by atoms with Gasteiger partial charge < -0.3 is 5.11 Å². The number of carboxylic acid groups (broad SMARTS) is 1. The summed E-state index contributed by atoms with van der Waals surface area (Å²) >= 11 is 0. The number of nitrogens with zero attached hydrogens (tertiary/aromatic N) is 2. The summed E-state index contributed by atoms with van der Waals surface area (Å²) in [6.07, 6.45) is -3.92. The smallest absolute Gasteiger partial charge is 0.308 e. The SMILES string of the molecule is O=C(O)Cc1c([N+](=O)[O-])cnc(C(F)F)c1F. The third-order valence-electron chi connectivity index (χ3n) is 1.86. The predicted octanol–water partition coefficient (Wildman–Crippen LogP) is 1.69. The van der Waals surface area contributed by atoms with Crippen LogP contribution >= 0.6 is 0 Å². The molecule has 0 aliphatic rings. The molecule has 1 N–H and O–H groups in total. The molecule has 1 heterocycles. The first-order chi connectivity index (χ1) is 7.84. The number of carbonyl (C=O) groups is 1. The number of hydrogen-bond donors (Lipinski definition) is 1. The van der Waals surface area contributed by atoms with Crippen molar-refractivity contribution in [2.24, 2.45) is 0 Å². The lowest BCUT2D eigenvalue weighted by Gasteiger charge is -2.05. The van der Waals surface area contributed by atoms with E-state index in [-0.39, 0.29) is 0 Å². The zero-order chi connectivity index (χ0) is 13.2. The van der Waals surface area contributed by atoms with Gasteiger partial charge in [0, 0.05) is 0 Å². The van der Waals surface area contributed by atoms with Crippen LogP contribution in [0, 0.1) is 15.9 Å². The molecule has 1 aromatic heterocycles. The molecule has 0 amide bonds. The van der Waals surface area contributed by atoms with Crippen LogP contribution in [0.5, 0.6) is 0 Å². The average molecular weight is 250 g/mol. The van der Waals surface area contributed by atoms with Crippen molar-refractivity contribution in [3.8, 4) is 0 Å². The normalized spacial score (nSPS) is 10.6. The average Bonchev–Trinajstić information content (AvgIpc) is 2.19. The van der Waals surface area contributed by atoms with Gasteiger partial charge in [-0.25, -0.2) is 18.2 Å². The molecule has 0 unspecified atom stereocenters. The molecular weight excluding hydrogens is 245 g/mol. The van der Waals surface area contributed by atoms with E-state index < -0.39 is 46.5 Å². The number of aliphatic carboxylic acids is 1. The third kappa shape index (κ3) is 2.68. The molecule has 0 aromatic carbocycles. The Hall–Kier alpha value is -2.19. The van der Waals surface area contributed by atoms with Gasteiger partial charge in [-0.1, -0.05) is 0 Å². The molecule has 9 heteroatoms. The number of hydrogen-bond acceptors (Lipinski definition) is 4. The second-order valence-corrected chi connectivity index (χ2v) is 2.95. The minimum atomic E-state index is -3.27. The zero-order valence-corrected chi connectivity index (χ0v) is 8.06. The quantitative estimate of drug-likeness (QED) is 0.648. The summed E-state index contributed by atoms with van der Waals surface area (Å²) < 4.78 is 37.9. The molecule has 6 nitrogen and oxygen atoms in total. The zero-order valence-electron chi connectivity index (χ0n) is 8.06. The van der Waals surface area contributed by atoms with E-state index in [4.69, 9.17) is 5.11 Å². The fourth-order valence-corrected chi connectivity index (χ4v) is 1.16. The van der Waals surface area contributed by atoms with E-state index in [1.165, 1.54) is 0 Å². The summed E-state index contributed by atoms with van der Waals surface area (Å²) in [7, 11) is 0. The maximum Gasteiger partial charge on any atom is 0.308 e. The molecule has 1 aromatic rings. The van der Waals surface area contributed by atoms with E-state index in [2.05, 4.69) is 4.98 Å². The maximum absolute atomic E-state index is 13.4. The summed E-state index contributed by atoms with van der Waals surface area (Å²) in [5, 5.41) is 18.9. The van der Waals surface area contributed by atoms with Crippen LogP contribution in [0.15, 0.2) is 6.20 Å². The number of halogens is 3. The van der Waals surface area contributed by atoms with Crippen molar-refractivity contribution in [3.63, 3.8) is 0 Å². The summed E-state index contributed by atoms with van der Waals surface area (Å²) in [5.74, 6) is -3.23. The first-order valence-corrected chi connectivity index (χ1v) is 4.16. The Morgan fingerprint density at radius 1 is 1.59 bits per heavy atom. The van der Waals surface area contributed by atoms with Crippen molar-refractivity contribution >= 4 is 11.7 Å². The highest BCUT2D eigenvalue weighted by Gasteiger charge is 2.27. The highest BCUT2D eigenvalue weighted by atomic mass is 19.3. The monoisotopic (exact) mass is 250 g/mol. The molecule has 0 fully saturated rings. The number of carboxylic acids is 1. The number of alkyl halides is 2. The molecule has 92 valence electrons. The van der Waals surface area contributed by atoms with E-state index in [0.29, 0.717) is 6.20 Å². The van der Waals surface area contributed by atoms with Crippen LogP contribution in [0.1, 0.15) is 17.7 Å². The Balaban J connectivity index is 3.41. The van der Waals surface area contributed by atoms with Crippen LogP contribution in [0.2, 0.25) is 0 Å². The van der Waals surface area contributed by atoms with E-state index >= 15 is 0 Å². The first kappa shape index (κ1) is 12.9. The highest BCUT2D eigenvalue weighted by molar-refractivity contribution is 5.72. The van der Waals surface area contributed by atoms with E-state index in [1.807, 2.05) is 0 Å². The molecule has 17 heavy (non-hydrogen) atoms. The molecule has 1 rings (SSSR count). The molecule has 0 bridgehead atoms. The minimum Gasteiger partial charge on any atom is -0.481 e. The van der Waals surface area contributed by atoms with Gasteiger partial charge in [0.1, 0.15) is 11.9 Å². The Morgan fingerprint density at radius 2 is 2.18 bits per heavy atom. The van der Waals surface area contributed by atoms with Crippen LogP contribution in [0.3, 0.4) is 0 Å². The van der Waals surface area contributed by atoms with Crippen molar-refractivity contribution < 1.29 is 28.0 Å². The third-order valence-corrected chi connectivity index (χ3v) is 1.86. The van der Waals surface area contributed by atoms with Gasteiger partial charge in [-0.05, 0) is 0 Å². The number of pyridine rings is 1. The van der Waals surface area contributed by atoms with Crippen molar-refractivity contribution in [1.82, 2.24) is 4.98 Å². The Kier molecular flexibility index (Phi) is 3.61. The van der Waals surface area contributed by atoms with Gasteiger partial charge in [0.2, 0.25) is 0 Å². The van der Waals surface area contributed by atoms with Crippen molar-refractivity contribution in [1.29, 1.82) is 0 Å². The van der Waals surface area contributed by atoms with Gasteiger partial charge in [0.25, 0.3) is 12.1 Å². The van der Waals surface area contributed by atoms with E-state index in [0.717, 1.165) is 0 Å². The molecule has 0 aliphatic carbocycles. The Bertz CT molecular complexity index is 478. The molecule has 0 radical (unpaired) electrons. The van der Waals surface area contributed by atoms with Crippen molar-refractivity contribution in [2.75, 3.05) is 0 Å². The van der Waals surface area contributed by atoms with Gasteiger partial charge in [-0.15, -0.1) is 0 Å². The Labute approximate surface area is 91.9 Å². The maximum atomic E-state index is 13.4. The van der Waals surface area contributed by atoms with Gasteiger partial charge in [0.15, 0.2) is 5.82 Å². The van der Waals surface area contributed by atoms with Crippen LogP contribution < -0.4 is 0 Å². The lowest BCUT2D eigenvalue weighted by atomic mass is 10.1. The molecular formula is C8H5F3N2O4. The predicted molar refractivity (Wildman–Crippen MR) is 47.1 cm³/mol. The summed E-state index contributed by atoms with van der Waals surface area (Å²) in [4.78, 5) is 22.7. The van der Waals surface area contributed by atoms with Crippen LogP contribution in [-0.4, -0.2) is 21.0 Å². The van der Waals surface area contributed by atoms with E-state index in [9.17, 15) is 28.1 Å². The van der Waals surface area contributed by atoms with E-state index in [1.54, 1.807) is 0 Å². The standard InChI is InChI=1S/C8H5F3N2O4/c9-6-3(1-5(14)15)4(13(16)17)2-12-7(6)8(10)11/h2,8H,1H2,(H,14,15). The van der Waals surface area contributed by atoms with Gasteiger partial charge in [0.05, 0.1) is 16.9 Å². The fourth-order valence-electron chi connectivity index (χ4n) is 1.16. The largest absolute Gasteiger partial charge is 0.481 e. The number of aromatic nitrogens is 1. The topological polar surface area (TPSA) is 93.3 Å². The first-order valence-electron chi connectivity index (χ1n) is 4.16. The lowest BCUT2D eigenvalue weighted by molar-refractivity contribution is -0.386. The second-order valence-electron chi connectivity index (χ2n) is 2.95. The van der Waals surface area contributed by atoms with Gasteiger partial charge >= 0.3 is 5.97 Å². The molecule has 0 atom stereocenters. The molecule has 0 spiro atoms. The van der Waals surface area contributed by atoms with Gasteiger partial charge in [-0.2, -0.15) is 0 Å². The van der Waals surface area contributed by atoms with Gasteiger partial charge in [-0.3, -0.25) is 14.9 Å². The second kappa shape index (κ2) is 4.76. The number of rotatable bonds is 4. The van der Waals surface area contributed by atoms with Crippen LogP contribution in [0.4, 0.5) is 18.9 Å². The fraction of sp³-hybridized carbons (Fsp3) is 0.250. The summed E-state index contributed by atoms with van der Waals surface area (Å²) in [5.41, 5.74) is -3.14. The van der Waals surface area contributed by atoms with Crippen molar-refractivity contribution in [3.05, 3.63) is 33.4 Å².